The molecule has 0 unspecified atom stereocenters. The van der Waals surface area contributed by atoms with Crippen LogP contribution >= 0.6 is 11.6 Å². The lowest BCUT2D eigenvalue weighted by Gasteiger charge is -2.22. The Morgan fingerprint density at radius 1 is 1.35 bits per heavy atom. The fourth-order valence-corrected chi connectivity index (χ4v) is 4.20. The molecule has 8 heteroatoms. The highest BCUT2D eigenvalue weighted by Crippen LogP contribution is 2.29. The van der Waals surface area contributed by atoms with Gasteiger partial charge in [-0.3, -0.25) is 0 Å². The zero-order valence-corrected chi connectivity index (χ0v) is 11.9. The third kappa shape index (κ3) is 2.79. The molecule has 1 fully saturated rings. The Balaban J connectivity index is 2.53. The third-order valence-corrected chi connectivity index (χ3v) is 5.63. The number of halogens is 2. The van der Waals surface area contributed by atoms with Crippen LogP contribution in [-0.4, -0.2) is 38.0 Å². The van der Waals surface area contributed by atoms with E-state index in [-0.39, 0.29) is 31.1 Å². The Bertz CT molecular complexity index is 637. The van der Waals surface area contributed by atoms with Gasteiger partial charge in [0.2, 0.25) is 0 Å². The molecule has 0 bridgehead atoms. The number of carboxylic acid groups (broad SMARTS) is 1. The van der Waals surface area contributed by atoms with Crippen LogP contribution in [0.5, 0.6) is 0 Å². The average Bonchev–Trinajstić information content (AvgIpc) is 2.41. The molecule has 20 heavy (non-hydrogen) atoms. The molecular weight excluding hydrogens is 311 g/mol. The van der Waals surface area contributed by atoms with Gasteiger partial charge in [0.1, 0.15) is 4.90 Å². The molecule has 0 aromatic heterocycles. The first-order chi connectivity index (χ1) is 9.34. The van der Waals surface area contributed by atoms with Crippen molar-refractivity contribution < 1.29 is 27.4 Å². The van der Waals surface area contributed by atoms with Crippen molar-refractivity contribution in [1.29, 1.82) is 0 Å². The second-order valence-corrected chi connectivity index (χ2v) is 7.06. The lowest BCUT2D eigenvalue weighted by molar-refractivity contribution is 0.0691. The molecule has 1 aliphatic heterocycles. The molecule has 0 atom stereocenters. The van der Waals surface area contributed by atoms with Crippen molar-refractivity contribution in [2.45, 2.75) is 23.0 Å². The van der Waals surface area contributed by atoms with Crippen LogP contribution in [0.4, 0.5) is 4.39 Å². The highest BCUT2D eigenvalue weighted by atomic mass is 35.5. The third-order valence-electron chi connectivity index (χ3n) is 3.15. The van der Waals surface area contributed by atoms with Crippen LogP contribution < -0.4 is 0 Å². The van der Waals surface area contributed by atoms with Crippen LogP contribution in [0.3, 0.4) is 0 Å². The van der Waals surface area contributed by atoms with Gasteiger partial charge in [0.05, 0.1) is 10.8 Å². The number of aromatic carboxylic acids is 1. The van der Waals surface area contributed by atoms with Gasteiger partial charge in [-0.25, -0.2) is 17.6 Å². The highest BCUT2D eigenvalue weighted by molar-refractivity contribution is 7.92. The van der Waals surface area contributed by atoms with E-state index in [1.165, 1.54) is 0 Å². The molecule has 1 aromatic carbocycles. The normalized spacial score (nSPS) is 17.1. The van der Waals surface area contributed by atoms with Crippen molar-refractivity contribution >= 4 is 27.4 Å². The molecule has 1 aromatic rings. The summed E-state index contributed by atoms with van der Waals surface area (Å²) in [5, 5.41) is 7.96. The number of benzene rings is 1. The summed E-state index contributed by atoms with van der Waals surface area (Å²) in [6.45, 7) is 0.551. The number of hydrogen-bond donors (Lipinski definition) is 1. The molecule has 0 saturated carbocycles. The molecule has 0 aliphatic carbocycles. The SMILES string of the molecule is O=C(O)c1cc(Cl)cc(S(=O)(=O)C2CCOCC2)c1F. The van der Waals surface area contributed by atoms with E-state index >= 15 is 0 Å². The summed E-state index contributed by atoms with van der Waals surface area (Å²) in [5.41, 5.74) is -0.747. The van der Waals surface area contributed by atoms with Crippen molar-refractivity contribution in [3.05, 3.63) is 28.5 Å². The van der Waals surface area contributed by atoms with Crippen molar-refractivity contribution in [1.82, 2.24) is 0 Å². The van der Waals surface area contributed by atoms with Gasteiger partial charge in [-0.15, -0.1) is 0 Å². The van der Waals surface area contributed by atoms with E-state index in [1.54, 1.807) is 0 Å². The maximum Gasteiger partial charge on any atom is 0.338 e. The largest absolute Gasteiger partial charge is 0.478 e. The summed E-state index contributed by atoms with van der Waals surface area (Å²) in [6.07, 6.45) is 0.493. The summed E-state index contributed by atoms with van der Waals surface area (Å²) >= 11 is 5.69. The fourth-order valence-electron chi connectivity index (χ4n) is 2.09. The Morgan fingerprint density at radius 2 is 1.95 bits per heavy atom. The number of carbonyl (C=O) groups is 1. The first-order valence-corrected chi connectivity index (χ1v) is 7.80. The lowest BCUT2D eigenvalue weighted by atomic mass is 10.2. The molecule has 1 aliphatic rings. The standard InChI is InChI=1S/C12H12ClFO5S/c13-7-5-9(12(15)16)11(14)10(6-7)20(17,18)8-1-3-19-4-2-8/h5-6,8H,1-4H2,(H,15,16). The first-order valence-electron chi connectivity index (χ1n) is 5.88. The van der Waals surface area contributed by atoms with Gasteiger partial charge in [-0.1, -0.05) is 11.6 Å². The van der Waals surface area contributed by atoms with Gasteiger partial charge < -0.3 is 9.84 Å². The number of rotatable bonds is 3. The molecule has 110 valence electrons. The monoisotopic (exact) mass is 322 g/mol. The van der Waals surface area contributed by atoms with Crippen LogP contribution in [0, 0.1) is 5.82 Å². The Labute approximate surface area is 120 Å². The zero-order valence-electron chi connectivity index (χ0n) is 10.3. The fraction of sp³-hybridized carbons (Fsp3) is 0.417. The summed E-state index contributed by atoms with van der Waals surface area (Å²) in [7, 11) is -3.97. The maximum atomic E-state index is 14.1. The summed E-state index contributed by atoms with van der Waals surface area (Å²) in [5.74, 6) is -2.83. The molecule has 0 spiro atoms. The smallest absolute Gasteiger partial charge is 0.338 e. The second-order valence-electron chi connectivity index (χ2n) is 4.43. The highest BCUT2D eigenvalue weighted by Gasteiger charge is 2.33. The number of sulfone groups is 1. The number of carboxylic acids is 1. The number of ether oxygens (including phenoxy) is 1. The topological polar surface area (TPSA) is 80.7 Å². The summed E-state index contributed by atoms with van der Waals surface area (Å²) < 4.78 is 43.9. The van der Waals surface area contributed by atoms with E-state index in [2.05, 4.69) is 0 Å². The van der Waals surface area contributed by atoms with Crippen LogP contribution in [0.15, 0.2) is 17.0 Å². The molecule has 0 amide bonds. The Kier molecular flexibility index (Phi) is 4.31. The van der Waals surface area contributed by atoms with Gasteiger partial charge >= 0.3 is 5.97 Å². The van der Waals surface area contributed by atoms with Gasteiger partial charge in [-0.2, -0.15) is 0 Å². The summed E-state index contributed by atoms with van der Waals surface area (Å²) in [4.78, 5) is 10.3. The van der Waals surface area contributed by atoms with Gasteiger partial charge in [0.25, 0.3) is 0 Å². The van der Waals surface area contributed by atoms with Gasteiger partial charge in [-0.05, 0) is 25.0 Å². The minimum Gasteiger partial charge on any atom is -0.478 e. The first kappa shape index (κ1) is 15.2. The van der Waals surface area contributed by atoms with Crippen molar-refractivity contribution in [3.8, 4) is 0 Å². The molecule has 5 nitrogen and oxygen atoms in total. The van der Waals surface area contributed by atoms with E-state index < -0.39 is 37.3 Å². The Morgan fingerprint density at radius 3 is 2.50 bits per heavy atom. The Hall–Kier alpha value is -1.18. The minimum atomic E-state index is -3.97. The molecule has 1 N–H and O–H groups in total. The predicted molar refractivity (Wildman–Crippen MR) is 69.4 cm³/mol. The van der Waals surface area contributed by atoms with E-state index in [9.17, 15) is 17.6 Å². The predicted octanol–water partition coefficient (Wildman–Crippen LogP) is 2.13. The van der Waals surface area contributed by atoms with E-state index in [1.807, 2.05) is 0 Å². The van der Waals surface area contributed by atoms with E-state index in [4.69, 9.17) is 21.4 Å². The maximum absolute atomic E-state index is 14.1. The van der Waals surface area contributed by atoms with Crippen LogP contribution in [0.1, 0.15) is 23.2 Å². The minimum absolute atomic E-state index is 0.130. The molecule has 1 saturated heterocycles. The second kappa shape index (κ2) is 5.67. The van der Waals surface area contributed by atoms with Crippen molar-refractivity contribution in [3.63, 3.8) is 0 Å². The van der Waals surface area contributed by atoms with Crippen LogP contribution in [0.2, 0.25) is 5.02 Å². The van der Waals surface area contributed by atoms with E-state index in [0.29, 0.717) is 0 Å². The van der Waals surface area contributed by atoms with Crippen LogP contribution in [-0.2, 0) is 14.6 Å². The lowest BCUT2D eigenvalue weighted by Crippen LogP contribution is -2.29. The quantitative estimate of drug-likeness (QED) is 0.922. The van der Waals surface area contributed by atoms with Gasteiger partial charge in [0.15, 0.2) is 15.7 Å². The van der Waals surface area contributed by atoms with Crippen molar-refractivity contribution in [2.24, 2.45) is 0 Å². The van der Waals surface area contributed by atoms with Crippen LogP contribution in [0.25, 0.3) is 0 Å². The molecule has 0 radical (unpaired) electrons. The molecule has 2 rings (SSSR count). The molecular formula is C12H12ClFO5S. The number of hydrogen-bond acceptors (Lipinski definition) is 4. The summed E-state index contributed by atoms with van der Waals surface area (Å²) in [6, 6.07) is 1.84. The average molecular weight is 323 g/mol. The van der Waals surface area contributed by atoms with Crippen molar-refractivity contribution in [2.75, 3.05) is 13.2 Å². The molecule has 1 heterocycles. The van der Waals surface area contributed by atoms with E-state index in [0.717, 1.165) is 12.1 Å². The van der Waals surface area contributed by atoms with Gasteiger partial charge in [0, 0.05) is 18.2 Å². The zero-order chi connectivity index (χ0) is 14.9.